The summed E-state index contributed by atoms with van der Waals surface area (Å²) < 4.78 is 5.69. The van der Waals surface area contributed by atoms with Crippen molar-refractivity contribution < 1.29 is 9.53 Å². The number of aromatic nitrogens is 1. The molecular formula is C22H23ClN2O2S. The summed E-state index contributed by atoms with van der Waals surface area (Å²) in [6, 6.07) is 17.6. The van der Waals surface area contributed by atoms with E-state index in [0.717, 1.165) is 29.3 Å². The first kappa shape index (κ1) is 20.4. The Balaban J connectivity index is 1.41. The molecule has 6 heteroatoms. The highest BCUT2D eigenvalue weighted by Gasteiger charge is 2.11. The first-order valence-electron chi connectivity index (χ1n) is 9.23. The van der Waals surface area contributed by atoms with E-state index in [4.69, 9.17) is 16.3 Å². The Hall–Kier alpha value is -2.37. The van der Waals surface area contributed by atoms with Crippen molar-refractivity contribution in [2.24, 2.45) is 0 Å². The number of amides is 1. The van der Waals surface area contributed by atoms with Crippen molar-refractivity contribution in [1.82, 2.24) is 10.3 Å². The number of carbonyl (C=O) groups excluding carboxylic acids is 1. The van der Waals surface area contributed by atoms with Crippen LogP contribution in [0.3, 0.4) is 0 Å². The second kappa shape index (κ2) is 10.2. The lowest BCUT2D eigenvalue weighted by Crippen LogP contribution is -2.34. The number of ether oxygens (including phenoxy) is 1. The molecule has 0 spiro atoms. The predicted molar refractivity (Wildman–Crippen MR) is 114 cm³/mol. The average Bonchev–Trinajstić information content (AvgIpc) is 3.14. The highest BCUT2D eigenvalue weighted by molar-refractivity contribution is 7.09. The summed E-state index contributed by atoms with van der Waals surface area (Å²) >= 11 is 7.36. The van der Waals surface area contributed by atoms with Crippen LogP contribution in [0.4, 0.5) is 0 Å². The summed E-state index contributed by atoms with van der Waals surface area (Å²) in [6.45, 7) is 2.41. The van der Waals surface area contributed by atoms with E-state index in [1.807, 2.05) is 42.6 Å². The molecule has 0 bridgehead atoms. The van der Waals surface area contributed by atoms with Crippen LogP contribution in [-0.2, 0) is 24.2 Å². The summed E-state index contributed by atoms with van der Waals surface area (Å²) in [5.41, 5.74) is 2.06. The Labute approximate surface area is 174 Å². The molecule has 146 valence electrons. The van der Waals surface area contributed by atoms with E-state index in [9.17, 15) is 4.79 Å². The minimum Gasteiger partial charge on any atom is -0.486 e. The van der Waals surface area contributed by atoms with Crippen LogP contribution in [0.1, 0.15) is 29.6 Å². The number of rotatable bonds is 9. The van der Waals surface area contributed by atoms with E-state index < -0.39 is 0 Å². The van der Waals surface area contributed by atoms with Gasteiger partial charge in [-0.3, -0.25) is 4.79 Å². The maximum Gasteiger partial charge on any atom is 0.226 e. The molecule has 1 amide bonds. The van der Waals surface area contributed by atoms with Crippen molar-refractivity contribution in [3.8, 4) is 5.75 Å². The van der Waals surface area contributed by atoms with Crippen LogP contribution < -0.4 is 10.1 Å². The number of aryl methyl sites for hydroxylation is 1. The van der Waals surface area contributed by atoms with Gasteiger partial charge in [0.15, 0.2) is 0 Å². The third-order valence-electron chi connectivity index (χ3n) is 4.23. The molecule has 0 aliphatic carbocycles. The Bertz CT molecular complexity index is 881. The van der Waals surface area contributed by atoms with E-state index >= 15 is 0 Å². The van der Waals surface area contributed by atoms with Crippen molar-refractivity contribution in [2.75, 3.05) is 0 Å². The molecule has 2 aromatic carbocycles. The third-order valence-corrected chi connectivity index (χ3v) is 5.36. The molecule has 1 aromatic heterocycles. The number of thiazole rings is 1. The van der Waals surface area contributed by atoms with Gasteiger partial charge in [0, 0.05) is 16.4 Å². The van der Waals surface area contributed by atoms with Crippen molar-refractivity contribution >= 4 is 28.8 Å². The lowest BCUT2D eigenvalue weighted by atomic mass is 10.1. The smallest absolute Gasteiger partial charge is 0.226 e. The number of benzene rings is 2. The van der Waals surface area contributed by atoms with Crippen LogP contribution in [0, 0.1) is 0 Å². The lowest BCUT2D eigenvalue weighted by molar-refractivity contribution is -0.121. The fourth-order valence-corrected chi connectivity index (χ4v) is 3.59. The molecule has 4 nitrogen and oxygen atoms in total. The molecule has 0 fully saturated rings. The topological polar surface area (TPSA) is 51.2 Å². The highest BCUT2D eigenvalue weighted by atomic mass is 35.5. The third kappa shape index (κ3) is 6.66. The summed E-state index contributed by atoms with van der Waals surface area (Å²) in [4.78, 5) is 16.8. The van der Waals surface area contributed by atoms with Gasteiger partial charge in [0.05, 0.1) is 12.1 Å². The second-order valence-electron chi connectivity index (χ2n) is 6.64. The first-order valence-corrected chi connectivity index (χ1v) is 10.5. The van der Waals surface area contributed by atoms with E-state index in [1.54, 1.807) is 12.1 Å². The average molecular weight is 415 g/mol. The van der Waals surface area contributed by atoms with Crippen LogP contribution in [0.15, 0.2) is 60.0 Å². The van der Waals surface area contributed by atoms with Gasteiger partial charge in [-0.1, -0.05) is 41.9 Å². The van der Waals surface area contributed by atoms with Gasteiger partial charge >= 0.3 is 0 Å². The van der Waals surface area contributed by atoms with Crippen LogP contribution >= 0.6 is 22.9 Å². The fraction of sp³-hybridized carbons (Fsp3) is 0.273. The second-order valence-corrected chi connectivity index (χ2v) is 8.02. The Morgan fingerprint density at radius 1 is 1.18 bits per heavy atom. The van der Waals surface area contributed by atoms with Gasteiger partial charge in [-0.15, -0.1) is 11.3 Å². The maximum absolute atomic E-state index is 12.3. The van der Waals surface area contributed by atoms with Gasteiger partial charge in [-0.2, -0.15) is 0 Å². The molecule has 1 heterocycles. The molecule has 3 rings (SSSR count). The standard InChI is InChI=1S/C22H23ClN2O2S/c1-16(7-8-17-5-3-2-4-6-17)24-21(26)13-19-15-28-22(25-19)14-27-20-11-9-18(23)10-12-20/h2-6,9-12,15-16H,7-8,13-14H2,1H3,(H,24,26). The van der Waals surface area contributed by atoms with Gasteiger partial charge < -0.3 is 10.1 Å². The summed E-state index contributed by atoms with van der Waals surface area (Å²) in [5.74, 6) is 0.738. The highest BCUT2D eigenvalue weighted by Crippen LogP contribution is 2.18. The Morgan fingerprint density at radius 3 is 2.68 bits per heavy atom. The molecule has 1 atom stereocenters. The summed E-state index contributed by atoms with van der Waals surface area (Å²) in [5, 5.41) is 6.48. The van der Waals surface area contributed by atoms with Crippen LogP contribution in [0.25, 0.3) is 0 Å². The van der Waals surface area contributed by atoms with Gasteiger partial charge in [0.1, 0.15) is 17.4 Å². The zero-order chi connectivity index (χ0) is 19.8. The molecule has 0 saturated heterocycles. The van der Waals surface area contributed by atoms with Crippen molar-refractivity contribution in [3.63, 3.8) is 0 Å². The van der Waals surface area contributed by atoms with Crippen LogP contribution in [0.2, 0.25) is 5.02 Å². The molecule has 3 aromatic rings. The number of carbonyl (C=O) groups is 1. The normalized spacial score (nSPS) is 11.8. The SMILES string of the molecule is CC(CCc1ccccc1)NC(=O)Cc1csc(COc2ccc(Cl)cc2)n1. The Morgan fingerprint density at radius 2 is 1.93 bits per heavy atom. The van der Waals surface area contributed by atoms with Gasteiger partial charge in [-0.25, -0.2) is 4.98 Å². The predicted octanol–water partition coefficient (Wildman–Crippen LogP) is 5.06. The molecule has 1 N–H and O–H groups in total. The van der Waals surface area contributed by atoms with Gasteiger partial charge in [0.25, 0.3) is 0 Å². The van der Waals surface area contributed by atoms with E-state index in [2.05, 4.69) is 22.4 Å². The molecule has 0 radical (unpaired) electrons. The summed E-state index contributed by atoms with van der Waals surface area (Å²) in [6.07, 6.45) is 2.14. The molecule has 28 heavy (non-hydrogen) atoms. The maximum atomic E-state index is 12.3. The summed E-state index contributed by atoms with van der Waals surface area (Å²) in [7, 11) is 0. The van der Waals surface area contributed by atoms with Crippen LogP contribution in [0.5, 0.6) is 5.75 Å². The zero-order valence-electron chi connectivity index (χ0n) is 15.7. The zero-order valence-corrected chi connectivity index (χ0v) is 17.3. The Kier molecular flexibility index (Phi) is 7.46. The van der Waals surface area contributed by atoms with Gasteiger partial charge in [-0.05, 0) is 49.6 Å². The molecule has 0 aliphatic heterocycles. The monoisotopic (exact) mass is 414 g/mol. The fourth-order valence-electron chi connectivity index (χ4n) is 2.76. The lowest BCUT2D eigenvalue weighted by Gasteiger charge is -2.13. The molecule has 0 saturated carbocycles. The minimum absolute atomic E-state index is 0.00367. The molecule has 1 unspecified atom stereocenters. The number of nitrogens with zero attached hydrogens (tertiary/aromatic N) is 1. The first-order chi connectivity index (χ1) is 13.6. The van der Waals surface area contributed by atoms with Crippen molar-refractivity contribution in [1.29, 1.82) is 0 Å². The van der Waals surface area contributed by atoms with Crippen molar-refractivity contribution in [2.45, 2.75) is 38.8 Å². The largest absolute Gasteiger partial charge is 0.486 e. The van der Waals surface area contributed by atoms with E-state index in [1.165, 1.54) is 16.9 Å². The number of hydrogen-bond donors (Lipinski definition) is 1. The molecule has 0 aliphatic rings. The number of halogens is 1. The minimum atomic E-state index is -0.00367. The quantitative estimate of drug-likeness (QED) is 0.532. The van der Waals surface area contributed by atoms with E-state index in [-0.39, 0.29) is 18.4 Å². The number of nitrogens with one attached hydrogen (secondary N) is 1. The van der Waals surface area contributed by atoms with E-state index in [0.29, 0.717) is 11.6 Å². The van der Waals surface area contributed by atoms with Gasteiger partial charge in [0.2, 0.25) is 5.91 Å². The van der Waals surface area contributed by atoms with Crippen molar-refractivity contribution in [3.05, 3.63) is 81.3 Å². The number of hydrogen-bond acceptors (Lipinski definition) is 4. The molecular weight excluding hydrogens is 392 g/mol. The van der Waals surface area contributed by atoms with Crippen LogP contribution in [-0.4, -0.2) is 16.9 Å².